The van der Waals surface area contributed by atoms with Crippen LogP contribution in [-0.4, -0.2) is 38.7 Å². The summed E-state index contributed by atoms with van der Waals surface area (Å²) in [5, 5.41) is 0. The molecule has 0 unspecified atom stereocenters. The highest BCUT2D eigenvalue weighted by Gasteiger charge is 2.31. The van der Waals surface area contributed by atoms with E-state index in [4.69, 9.17) is 9.72 Å². The van der Waals surface area contributed by atoms with E-state index >= 15 is 0 Å². The van der Waals surface area contributed by atoms with Crippen molar-refractivity contribution >= 4 is 6.09 Å². The normalized spacial score (nSPS) is 15.4. The predicted molar refractivity (Wildman–Crippen MR) is 144 cm³/mol. The smallest absolute Gasteiger partial charge is 0.411 e. The zero-order valence-corrected chi connectivity index (χ0v) is 22.7. The van der Waals surface area contributed by atoms with Crippen molar-refractivity contribution in [3.05, 3.63) is 82.1 Å². The number of nitrogens with zero attached hydrogens (tertiary/aromatic N) is 3. The van der Waals surface area contributed by atoms with Crippen LogP contribution in [0.3, 0.4) is 0 Å². The van der Waals surface area contributed by atoms with Gasteiger partial charge in [0.2, 0.25) is 0 Å². The van der Waals surface area contributed by atoms with Gasteiger partial charge in [0.05, 0.1) is 6.04 Å². The Morgan fingerprint density at radius 2 is 1.81 bits per heavy atom. The minimum absolute atomic E-state index is 0.225. The molecule has 0 N–H and O–H groups in total. The molecular formula is C31H36FN3O2. The molecule has 2 aromatic heterocycles. The van der Waals surface area contributed by atoms with Gasteiger partial charge in [-0.25, -0.2) is 14.2 Å². The largest absolute Gasteiger partial charge is 0.444 e. The zero-order valence-electron chi connectivity index (χ0n) is 22.7. The average molecular weight is 502 g/mol. The Bertz CT molecular complexity index is 1340. The van der Waals surface area contributed by atoms with Crippen molar-refractivity contribution in [1.82, 2.24) is 14.5 Å². The van der Waals surface area contributed by atoms with Crippen molar-refractivity contribution < 1.29 is 13.9 Å². The molecule has 0 radical (unpaired) electrons. The molecule has 3 aromatic rings. The standard InChI is InChI=1S/C31H36FN3O2/c1-21-16-27(33-29(17-21)35-22(2)9-10-23(35)3)13-11-24-18-25(20-26(32)19-24)12-14-28-8-7-15-34(28)30(36)37-31(4,5)6/h9-10,16-20,28H,7-8,11,13,15H2,1-6H3/t28-/m1/s1. The number of amides is 1. The third kappa shape index (κ3) is 6.80. The highest BCUT2D eigenvalue weighted by molar-refractivity contribution is 5.69. The summed E-state index contributed by atoms with van der Waals surface area (Å²) < 4.78 is 22.1. The molecule has 0 bridgehead atoms. The molecule has 3 heterocycles. The van der Waals surface area contributed by atoms with E-state index in [1.54, 1.807) is 11.0 Å². The number of halogens is 1. The summed E-state index contributed by atoms with van der Waals surface area (Å²) in [6.45, 7) is 12.4. The molecule has 1 atom stereocenters. The molecule has 1 saturated heterocycles. The summed E-state index contributed by atoms with van der Waals surface area (Å²) in [6.07, 6.45) is 2.66. The second-order valence-corrected chi connectivity index (χ2v) is 10.9. The van der Waals surface area contributed by atoms with Gasteiger partial charge in [0.15, 0.2) is 0 Å². The van der Waals surface area contributed by atoms with Gasteiger partial charge in [-0.15, -0.1) is 0 Å². The third-order valence-electron chi connectivity index (χ3n) is 6.40. The third-order valence-corrected chi connectivity index (χ3v) is 6.40. The molecule has 1 aliphatic rings. The number of carbonyl (C=O) groups excluding carboxylic acids is 1. The van der Waals surface area contributed by atoms with Crippen LogP contribution < -0.4 is 0 Å². The topological polar surface area (TPSA) is 47.4 Å². The lowest BCUT2D eigenvalue weighted by molar-refractivity contribution is 0.0261. The Morgan fingerprint density at radius 3 is 2.51 bits per heavy atom. The van der Waals surface area contributed by atoms with Crippen LogP contribution in [0.2, 0.25) is 0 Å². The quantitative estimate of drug-likeness (QED) is 0.385. The van der Waals surface area contributed by atoms with Gasteiger partial charge in [0.1, 0.15) is 17.2 Å². The monoisotopic (exact) mass is 501 g/mol. The van der Waals surface area contributed by atoms with Crippen molar-refractivity contribution in [1.29, 1.82) is 0 Å². The summed E-state index contributed by atoms with van der Waals surface area (Å²) in [6, 6.07) is 13.1. The van der Waals surface area contributed by atoms with Gasteiger partial charge in [-0.3, -0.25) is 4.90 Å². The van der Waals surface area contributed by atoms with E-state index in [0.29, 0.717) is 24.9 Å². The summed E-state index contributed by atoms with van der Waals surface area (Å²) in [5.41, 5.74) is 5.33. The van der Waals surface area contributed by atoms with Gasteiger partial charge in [-0.2, -0.15) is 0 Å². The van der Waals surface area contributed by atoms with E-state index in [2.05, 4.69) is 61.4 Å². The SMILES string of the molecule is Cc1cc(CCc2cc(F)cc(C#C[C@H]3CCCN3C(=O)OC(C)(C)C)c2)nc(-n2c(C)ccc2C)c1. The van der Waals surface area contributed by atoms with Gasteiger partial charge in [0.25, 0.3) is 0 Å². The first-order chi connectivity index (χ1) is 17.5. The summed E-state index contributed by atoms with van der Waals surface area (Å²) >= 11 is 0. The molecular weight excluding hydrogens is 465 g/mol. The fourth-order valence-electron chi connectivity index (χ4n) is 4.75. The number of hydrogen-bond acceptors (Lipinski definition) is 3. The molecule has 1 fully saturated rings. The van der Waals surface area contributed by atoms with E-state index < -0.39 is 5.60 Å². The van der Waals surface area contributed by atoms with Crippen LogP contribution in [0.5, 0.6) is 0 Å². The van der Waals surface area contributed by atoms with Crippen LogP contribution in [-0.2, 0) is 17.6 Å². The lowest BCUT2D eigenvalue weighted by atomic mass is 10.0. The maximum absolute atomic E-state index is 14.5. The molecule has 37 heavy (non-hydrogen) atoms. The number of aryl methyl sites for hydroxylation is 5. The zero-order chi connectivity index (χ0) is 26.7. The number of pyridine rings is 1. The number of rotatable bonds is 4. The highest BCUT2D eigenvalue weighted by atomic mass is 19.1. The first kappa shape index (κ1) is 26.5. The van der Waals surface area contributed by atoms with E-state index in [1.807, 2.05) is 26.8 Å². The molecule has 5 nitrogen and oxygen atoms in total. The summed E-state index contributed by atoms with van der Waals surface area (Å²) in [4.78, 5) is 19.1. The lowest BCUT2D eigenvalue weighted by Gasteiger charge is -2.26. The van der Waals surface area contributed by atoms with Gasteiger partial charge in [-0.1, -0.05) is 11.8 Å². The second kappa shape index (κ2) is 10.8. The lowest BCUT2D eigenvalue weighted by Crippen LogP contribution is -2.39. The van der Waals surface area contributed by atoms with Gasteiger partial charge < -0.3 is 9.30 Å². The number of ether oxygens (including phenoxy) is 1. The van der Waals surface area contributed by atoms with Gasteiger partial charge >= 0.3 is 6.09 Å². The van der Waals surface area contributed by atoms with E-state index in [0.717, 1.165) is 46.9 Å². The van der Waals surface area contributed by atoms with E-state index in [-0.39, 0.29) is 18.0 Å². The van der Waals surface area contributed by atoms with Crippen molar-refractivity contribution in [3.8, 4) is 17.7 Å². The van der Waals surface area contributed by atoms with Crippen molar-refractivity contribution in [2.24, 2.45) is 0 Å². The molecule has 1 amide bonds. The Labute approximate surface area is 219 Å². The molecule has 1 aromatic carbocycles. The van der Waals surface area contributed by atoms with Crippen LogP contribution in [0.1, 0.15) is 67.4 Å². The first-order valence-corrected chi connectivity index (χ1v) is 12.9. The maximum Gasteiger partial charge on any atom is 0.411 e. The first-order valence-electron chi connectivity index (χ1n) is 12.9. The van der Waals surface area contributed by atoms with E-state index in [9.17, 15) is 9.18 Å². The molecule has 0 spiro atoms. The van der Waals surface area contributed by atoms with Crippen molar-refractivity contribution in [2.45, 2.75) is 78.9 Å². The molecule has 0 saturated carbocycles. The van der Waals surface area contributed by atoms with Crippen LogP contribution in [0.25, 0.3) is 5.82 Å². The Hall–Kier alpha value is -3.59. The Kier molecular flexibility index (Phi) is 7.73. The van der Waals surface area contributed by atoms with Crippen LogP contribution in [0.4, 0.5) is 9.18 Å². The van der Waals surface area contributed by atoms with Crippen LogP contribution in [0.15, 0.2) is 42.5 Å². The average Bonchev–Trinajstić information content (AvgIpc) is 3.40. The predicted octanol–water partition coefficient (Wildman–Crippen LogP) is 6.47. The number of carbonyl (C=O) groups is 1. The summed E-state index contributed by atoms with van der Waals surface area (Å²) in [5.74, 6) is 6.88. The van der Waals surface area contributed by atoms with Crippen molar-refractivity contribution in [3.63, 3.8) is 0 Å². The number of likely N-dealkylation sites (tertiary alicyclic amines) is 1. The van der Waals surface area contributed by atoms with Crippen molar-refractivity contribution in [2.75, 3.05) is 6.54 Å². The maximum atomic E-state index is 14.5. The number of hydrogen-bond donors (Lipinski definition) is 0. The number of benzene rings is 1. The van der Waals surface area contributed by atoms with Gasteiger partial charge in [0, 0.05) is 29.2 Å². The Balaban J connectivity index is 1.48. The molecule has 1 aliphatic heterocycles. The minimum Gasteiger partial charge on any atom is -0.444 e. The molecule has 6 heteroatoms. The van der Waals surface area contributed by atoms with E-state index in [1.165, 1.54) is 6.07 Å². The minimum atomic E-state index is -0.554. The fraction of sp³-hybridized carbons (Fsp3) is 0.419. The molecule has 4 rings (SSSR count). The highest BCUT2D eigenvalue weighted by Crippen LogP contribution is 2.21. The van der Waals surface area contributed by atoms with Crippen LogP contribution in [0, 0.1) is 38.4 Å². The molecule has 0 aliphatic carbocycles. The second-order valence-electron chi connectivity index (χ2n) is 10.9. The molecule has 194 valence electrons. The Morgan fingerprint density at radius 1 is 1.08 bits per heavy atom. The summed E-state index contributed by atoms with van der Waals surface area (Å²) in [7, 11) is 0. The van der Waals surface area contributed by atoms with Gasteiger partial charge in [-0.05, 0) is 121 Å². The number of aromatic nitrogens is 2. The van der Waals surface area contributed by atoms with Crippen LogP contribution >= 0.6 is 0 Å². The fourth-order valence-corrected chi connectivity index (χ4v) is 4.75.